The summed E-state index contributed by atoms with van der Waals surface area (Å²) in [5, 5.41) is 3.69. The van der Waals surface area contributed by atoms with Crippen LogP contribution >= 0.6 is 27.7 Å². The van der Waals surface area contributed by atoms with Crippen molar-refractivity contribution in [1.82, 2.24) is 5.32 Å². The number of carbonyl (C=O) groups excluding carboxylic acids is 1. The third kappa shape index (κ3) is 5.37. The summed E-state index contributed by atoms with van der Waals surface area (Å²) in [4.78, 5) is 12.5. The molecule has 1 N–H and O–H groups in total. The highest BCUT2D eigenvalue weighted by Gasteiger charge is 2.33. The van der Waals surface area contributed by atoms with Gasteiger partial charge in [-0.3, -0.25) is 4.79 Å². The fourth-order valence-corrected chi connectivity index (χ4v) is 4.93. The van der Waals surface area contributed by atoms with Crippen LogP contribution in [0.5, 0.6) is 11.5 Å². The van der Waals surface area contributed by atoms with Crippen LogP contribution < -0.4 is 14.8 Å². The molecule has 1 aliphatic rings. The van der Waals surface area contributed by atoms with E-state index in [4.69, 9.17) is 9.47 Å². The number of nitrogens with one attached hydrogen (secondary N) is 1. The predicted octanol–water partition coefficient (Wildman–Crippen LogP) is 5.67. The third-order valence-electron chi connectivity index (χ3n) is 5.63. The first-order valence-corrected chi connectivity index (χ1v) is 11.7. The molecule has 0 spiro atoms. The van der Waals surface area contributed by atoms with Gasteiger partial charge in [-0.1, -0.05) is 40.2 Å². The van der Waals surface area contributed by atoms with Gasteiger partial charge < -0.3 is 14.8 Å². The molecule has 0 saturated heterocycles. The quantitative estimate of drug-likeness (QED) is 0.485. The first-order valence-electron chi connectivity index (χ1n) is 9.94. The Morgan fingerprint density at radius 1 is 1.23 bits per heavy atom. The van der Waals surface area contributed by atoms with Gasteiger partial charge in [-0.2, -0.15) is 0 Å². The van der Waals surface area contributed by atoms with Crippen molar-refractivity contribution >= 4 is 32.8 Å². The normalized spacial score (nSPS) is 15.9. The molecule has 1 fully saturated rings. The van der Waals surface area contributed by atoms with Gasteiger partial charge in [-0.15, -0.1) is 0 Å². The van der Waals surface area contributed by atoms with Crippen LogP contribution in [0.15, 0.2) is 40.9 Å². The van der Waals surface area contributed by atoms with E-state index in [-0.39, 0.29) is 16.9 Å². The van der Waals surface area contributed by atoms with Crippen molar-refractivity contribution in [3.05, 3.63) is 57.8 Å². The minimum Gasteiger partial charge on any atom is -0.497 e. The zero-order valence-corrected chi connectivity index (χ0v) is 19.9. The van der Waals surface area contributed by atoms with Crippen molar-refractivity contribution in [2.24, 2.45) is 5.92 Å². The van der Waals surface area contributed by atoms with Crippen LogP contribution in [-0.2, 0) is 16.9 Å². The van der Waals surface area contributed by atoms with Crippen molar-refractivity contribution in [2.75, 3.05) is 20.0 Å². The molecule has 1 aliphatic carbocycles. The smallest absolute Gasteiger partial charge is 0.192 e. The molecule has 7 heteroatoms. The Morgan fingerprint density at radius 3 is 2.63 bits per heavy atom. The highest BCUT2D eigenvalue weighted by molar-refractivity contribution is 9.10. The summed E-state index contributed by atoms with van der Waals surface area (Å²) >= 11 is 4.74. The van der Waals surface area contributed by atoms with E-state index in [1.165, 1.54) is 17.8 Å². The van der Waals surface area contributed by atoms with Gasteiger partial charge >= 0.3 is 0 Å². The molecule has 4 nitrogen and oxygen atoms in total. The van der Waals surface area contributed by atoms with E-state index < -0.39 is 5.54 Å². The number of methoxy groups -OCH3 is 2. The summed E-state index contributed by atoms with van der Waals surface area (Å²) in [5.74, 6) is 1.68. The first-order chi connectivity index (χ1) is 14.4. The minimum absolute atomic E-state index is 0.147. The summed E-state index contributed by atoms with van der Waals surface area (Å²) in [6.07, 6.45) is 3.04. The number of halogens is 2. The number of hydrogen-bond acceptors (Lipinski definition) is 5. The van der Waals surface area contributed by atoms with Crippen LogP contribution in [0.25, 0.3) is 0 Å². The molecule has 3 rings (SSSR count). The van der Waals surface area contributed by atoms with Gasteiger partial charge in [0.15, 0.2) is 5.12 Å². The summed E-state index contributed by atoms with van der Waals surface area (Å²) < 4.78 is 26.3. The molecular weight excluding hydrogens is 469 g/mol. The molecule has 0 aromatic heterocycles. The van der Waals surface area contributed by atoms with Gasteiger partial charge in [-0.25, -0.2) is 4.39 Å². The Morgan fingerprint density at radius 2 is 2.00 bits per heavy atom. The van der Waals surface area contributed by atoms with Crippen molar-refractivity contribution in [1.29, 1.82) is 0 Å². The zero-order chi connectivity index (χ0) is 21.7. The molecule has 0 bridgehead atoms. The third-order valence-corrected chi connectivity index (χ3v) is 7.46. The van der Waals surface area contributed by atoms with Crippen LogP contribution in [0.4, 0.5) is 4.39 Å². The molecular formula is C23H27BrFNO3S. The molecule has 0 amide bonds. The lowest BCUT2D eigenvalue weighted by atomic mass is 9.87. The summed E-state index contributed by atoms with van der Waals surface area (Å²) in [7, 11) is 3.22. The molecule has 1 unspecified atom stereocenters. The number of carbonyl (C=O) groups is 1. The molecule has 2 aromatic carbocycles. The lowest BCUT2D eigenvalue weighted by Crippen LogP contribution is -2.43. The van der Waals surface area contributed by atoms with Crippen molar-refractivity contribution in [3.8, 4) is 11.5 Å². The van der Waals surface area contributed by atoms with Gasteiger partial charge in [0.05, 0.1) is 19.8 Å². The Balaban J connectivity index is 1.83. The summed E-state index contributed by atoms with van der Waals surface area (Å²) in [6.45, 7) is 2.39. The number of rotatable bonds is 9. The Bertz CT molecular complexity index is 906. The van der Waals surface area contributed by atoms with Crippen molar-refractivity contribution < 1.29 is 18.7 Å². The van der Waals surface area contributed by atoms with Crippen LogP contribution in [0.2, 0.25) is 0 Å². The Hall–Kier alpha value is -1.57. The average molecular weight is 496 g/mol. The molecule has 1 atom stereocenters. The molecule has 0 heterocycles. The molecule has 1 saturated carbocycles. The second kappa shape index (κ2) is 10.2. The minimum atomic E-state index is -0.747. The second-order valence-corrected chi connectivity index (χ2v) is 9.62. The van der Waals surface area contributed by atoms with Gasteiger partial charge in [-0.05, 0) is 44.0 Å². The van der Waals surface area contributed by atoms with E-state index in [1.807, 2.05) is 25.1 Å². The average Bonchev–Trinajstić information content (AvgIpc) is 2.71. The van der Waals surface area contributed by atoms with E-state index in [2.05, 4.69) is 21.2 Å². The molecule has 2 aromatic rings. The second-order valence-electron chi connectivity index (χ2n) is 7.72. The molecule has 0 radical (unpaired) electrons. The zero-order valence-electron chi connectivity index (χ0n) is 17.5. The van der Waals surface area contributed by atoms with E-state index in [0.717, 1.165) is 29.3 Å². The van der Waals surface area contributed by atoms with Crippen LogP contribution in [0, 0.1) is 11.7 Å². The van der Waals surface area contributed by atoms with E-state index in [1.54, 1.807) is 26.4 Å². The van der Waals surface area contributed by atoms with E-state index in [0.29, 0.717) is 29.4 Å². The monoisotopic (exact) mass is 495 g/mol. The van der Waals surface area contributed by atoms with E-state index in [9.17, 15) is 9.18 Å². The first kappa shape index (κ1) is 23.1. The van der Waals surface area contributed by atoms with Crippen LogP contribution in [0.3, 0.4) is 0 Å². The number of thioether (sulfide) groups is 1. The number of ether oxygens (including phenoxy) is 2. The van der Waals surface area contributed by atoms with Crippen LogP contribution in [0.1, 0.15) is 37.3 Å². The lowest BCUT2D eigenvalue weighted by molar-refractivity contribution is -0.116. The predicted molar refractivity (Wildman–Crippen MR) is 123 cm³/mol. The van der Waals surface area contributed by atoms with Gasteiger partial charge in [0, 0.05) is 39.9 Å². The maximum Gasteiger partial charge on any atom is 0.192 e. The molecule has 162 valence electrons. The largest absolute Gasteiger partial charge is 0.497 e. The Kier molecular flexibility index (Phi) is 7.82. The molecule has 0 aliphatic heterocycles. The fourth-order valence-electron chi connectivity index (χ4n) is 3.41. The lowest BCUT2D eigenvalue weighted by Gasteiger charge is -2.33. The highest BCUT2D eigenvalue weighted by Crippen LogP contribution is 2.36. The summed E-state index contributed by atoms with van der Waals surface area (Å²) in [5.41, 5.74) is 0.705. The number of benzene rings is 2. The van der Waals surface area contributed by atoms with E-state index >= 15 is 0 Å². The van der Waals surface area contributed by atoms with Crippen molar-refractivity contribution in [2.45, 2.75) is 38.3 Å². The van der Waals surface area contributed by atoms with Crippen LogP contribution in [-0.4, -0.2) is 25.1 Å². The Labute approximate surface area is 190 Å². The number of hydrogen-bond donors (Lipinski definition) is 1. The topological polar surface area (TPSA) is 47.6 Å². The standard InChI is InChI=1S/C23H27BrFNO3S/c1-23(14-30-22(27)15-5-4-6-15,19-11-17(24)8-10-20(19)25)26-13-16-7-9-18(28-2)12-21(16)29-3/h7-12,15,26H,4-6,13-14H2,1-3H3. The van der Waals surface area contributed by atoms with Gasteiger partial charge in [0.1, 0.15) is 17.3 Å². The summed E-state index contributed by atoms with van der Waals surface area (Å²) in [6, 6.07) is 10.5. The maximum atomic E-state index is 14.8. The van der Waals surface area contributed by atoms with Crippen molar-refractivity contribution in [3.63, 3.8) is 0 Å². The highest BCUT2D eigenvalue weighted by atomic mass is 79.9. The van der Waals surface area contributed by atoms with Gasteiger partial charge in [0.25, 0.3) is 0 Å². The van der Waals surface area contributed by atoms with Gasteiger partial charge in [0.2, 0.25) is 0 Å². The molecule has 30 heavy (non-hydrogen) atoms. The SMILES string of the molecule is COc1ccc(CNC(C)(CSC(=O)C2CCC2)c2cc(Br)ccc2F)c(OC)c1. The maximum absolute atomic E-state index is 14.8. The fraction of sp³-hybridized carbons (Fsp3) is 0.435.